The van der Waals surface area contributed by atoms with Crippen LogP contribution < -0.4 is 5.32 Å². The van der Waals surface area contributed by atoms with E-state index in [-0.39, 0.29) is 0 Å². The lowest BCUT2D eigenvalue weighted by molar-refractivity contribution is 0.255. The second-order valence-corrected chi connectivity index (χ2v) is 5.90. The van der Waals surface area contributed by atoms with E-state index in [0.29, 0.717) is 10.5 Å². The SMILES string of the molecule is CCN(Cc1cnc(Cl)s1)CC1CCCN1. The summed E-state index contributed by atoms with van der Waals surface area (Å²) in [6.45, 7) is 6.56. The van der Waals surface area contributed by atoms with Crippen LogP contribution in [0, 0.1) is 0 Å². The summed E-state index contributed by atoms with van der Waals surface area (Å²) in [7, 11) is 0. The molecule has 0 aliphatic carbocycles. The quantitative estimate of drug-likeness (QED) is 0.880. The summed E-state index contributed by atoms with van der Waals surface area (Å²) in [6.07, 6.45) is 4.51. The van der Waals surface area contributed by atoms with Crippen LogP contribution in [0.4, 0.5) is 0 Å². The van der Waals surface area contributed by atoms with Crippen molar-refractivity contribution in [3.05, 3.63) is 15.5 Å². The van der Waals surface area contributed by atoms with Crippen molar-refractivity contribution in [2.45, 2.75) is 32.4 Å². The van der Waals surface area contributed by atoms with Crippen LogP contribution in [0.15, 0.2) is 6.20 Å². The van der Waals surface area contributed by atoms with Crippen molar-refractivity contribution in [3.8, 4) is 0 Å². The van der Waals surface area contributed by atoms with Gasteiger partial charge in [0.1, 0.15) is 0 Å². The molecule has 2 heterocycles. The molecule has 1 unspecified atom stereocenters. The monoisotopic (exact) mass is 259 g/mol. The molecule has 0 aromatic carbocycles. The molecule has 1 aromatic heterocycles. The summed E-state index contributed by atoms with van der Waals surface area (Å²) in [6, 6.07) is 0.670. The summed E-state index contributed by atoms with van der Waals surface area (Å²) in [4.78, 5) is 7.78. The Labute approximate surface area is 106 Å². The molecule has 0 bridgehead atoms. The fourth-order valence-electron chi connectivity index (χ4n) is 2.11. The van der Waals surface area contributed by atoms with Crippen LogP contribution in [-0.4, -0.2) is 35.6 Å². The Morgan fingerprint density at radius 1 is 1.69 bits per heavy atom. The topological polar surface area (TPSA) is 28.2 Å². The Bertz CT molecular complexity index is 323. The predicted octanol–water partition coefficient (Wildman–Crippen LogP) is 2.37. The first-order valence-electron chi connectivity index (χ1n) is 5.84. The number of likely N-dealkylation sites (N-methyl/N-ethyl adjacent to an activating group) is 1. The first-order chi connectivity index (χ1) is 7.78. The van der Waals surface area contributed by atoms with Crippen LogP contribution in [0.2, 0.25) is 4.47 Å². The van der Waals surface area contributed by atoms with Gasteiger partial charge in [0.05, 0.1) is 0 Å². The molecular weight excluding hydrogens is 242 g/mol. The Balaban J connectivity index is 1.84. The maximum Gasteiger partial charge on any atom is 0.183 e. The van der Waals surface area contributed by atoms with Gasteiger partial charge in [0, 0.05) is 30.2 Å². The zero-order chi connectivity index (χ0) is 11.4. The van der Waals surface area contributed by atoms with E-state index in [9.17, 15) is 0 Å². The van der Waals surface area contributed by atoms with E-state index in [1.165, 1.54) is 24.3 Å². The van der Waals surface area contributed by atoms with Crippen molar-refractivity contribution in [2.24, 2.45) is 0 Å². The van der Waals surface area contributed by atoms with Crippen LogP contribution in [0.25, 0.3) is 0 Å². The average molecular weight is 260 g/mol. The Morgan fingerprint density at radius 2 is 2.56 bits per heavy atom. The predicted molar refractivity (Wildman–Crippen MR) is 69.1 cm³/mol. The van der Waals surface area contributed by atoms with Gasteiger partial charge < -0.3 is 5.32 Å². The second kappa shape index (κ2) is 5.96. The molecule has 0 spiro atoms. The minimum atomic E-state index is 0.644. The van der Waals surface area contributed by atoms with Crippen LogP contribution in [0.5, 0.6) is 0 Å². The number of halogens is 1. The molecule has 3 nitrogen and oxygen atoms in total. The molecule has 5 heteroatoms. The van der Waals surface area contributed by atoms with E-state index < -0.39 is 0 Å². The van der Waals surface area contributed by atoms with Gasteiger partial charge in [0.2, 0.25) is 0 Å². The van der Waals surface area contributed by atoms with E-state index in [0.717, 1.165) is 19.6 Å². The Hall–Kier alpha value is -0.160. The highest BCUT2D eigenvalue weighted by molar-refractivity contribution is 7.15. The Morgan fingerprint density at radius 3 is 3.12 bits per heavy atom. The molecule has 2 rings (SSSR count). The number of nitrogens with zero attached hydrogens (tertiary/aromatic N) is 2. The molecule has 1 saturated heterocycles. The zero-order valence-electron chi connectivity index (χ0n) is 9.58. The van der Waals surface area contributed by atoms with E-state index in [1.54, 1.807) is 11.3 Å². The normalized spacial score (nSPS) is 20.8. The number of nitrogens with one attached hydrogen (secondary N) is 1. The van der Waals surface area contributed by atoms with E-state index >= 15 is 0 Å². The molecule has 1 fully saturated rings. The molecule has 0 saturated carbocycles. The molecule has 16 heavy (non-hydrogen) atoms. The summed E-state index contributed by atoms with van der Waals surface area (Å²) >= 11 is 7.42. The molecule has 1 atom stereocenters. The van der Waals surface area contributed by atoms with Gasteiger partial charge in [-0.3, -0.25) is 4.90 Å². The van der Waals surface area contributed by atoms with Gasteiger partial charge in [-0.1, -0.05) is 18.5 Å². The standard InChI is InChI=1S/C11H18ClN3S/c1-2-15(7-9-4-3-5-13-9)8-10-6-14-11(12)16-10/h6,9,13H,2-5,7-8H2,1H3. The van der Waals surface area contributed by atoms with Crippen LogP contribution in [-0.2, 0) is 6.54 Å². The van der Waals surface area contributed by atoms with Crippen LogP contribution in [0.3, 0.4) is 0 Å². The van der Waals surface area contributed by atoms with E-state index in [1.807, 2.05) is 6.20 Å². The van der Waals surface area contributed by atoms with Crippen LogP contribution in [0.1, 0.15) is 24.6 Å². The van der Waals surface area contributed by atoms with Gasteiger partial charge in [-0.2, -0.15) is 0 Å². The van der Waals surface area contributed by atoms with Crippen molar-refractivity contribution in [1.82, 2.24) is 15.2 Å². The van der Waals surface area contributed by atoms with Crippen molar-refractivity contribution < 1.29 is 0 Å². The Kier molecular flexibility index (Phi) is 4.58. The van der Waals surface area contributed by atoms with Crippen LogP contribution >= 0.6 is 22.9 Å². The fourth-order valence-corrected chi connectivity index (χ4v) is 3.13. The highest BCUT2D eigenvalue weighted by Crippen LogP contribution is 2.19. The van der Waals surface area contributed by atoms with Gasteiger partial charge in [-0.15, -0.1) is 11.3 Å². The third-order valence-corrected chi connectivity index (χ3v) is 4.09. The van der Waals surface area contributed by atoms with Crippen molar-refractivity contribution >= 4 is 22.9 Å². The maximum atomic E-state index is 5.83. The molecule has 1 N–H and O–H groups in total. The van der Waals surface area contributed by atoms with Crippen molar-refractivity contribution in [3.63, 3.8) is 0 Å². The third-order valence-electron chi connectivity index (χ3n) is 2.99. The summed E-state index contributed by atoms with van der Waals surface area (Å²) in [5.74, 6) is 0. The second-order valence-electron chi connectivity index (χ2n) is 4.20. The highest BCUT2D eigenvalue weighted by atomic mass is 35.5. The lowest BCUT2D eigenvalue weighted by Gasteiger charge is -2.23. The first-order valence-corrected chi connectivity index (χ1v) is 7.03. The van der Waals surface area contributed by atoms with Gasteiger partial charge in [0.25, 0.3) is 0 Å². The smallest absolute Gasteiger partial charge is 0.183 e. The largest absolute Gasteiger partial charge is 0.313 e. The molecule has 90 valence electrons. The van der Waals surface area contributed by atoms with E-state index in [2.05, 4.69) is 22.1 Å². The summed E-state index contributed by atoms with van der Waals surface area (Å²) in [5.41, 5.74) is 0. The number of rotatable bonds is 5. The zero-order valence-corrected chi connectivity index (χ0v) is 11.2. The fraction of sp³-hybridized carbons (Fsp3) is 0.727. The summed E-state index contributed by atoms with van der Waals surface area (Å²) in [5, 5.41) is 3.53. The highest BCUT2D eigenvalue weighted by Gasteiger charge is 2.17. The maximum absolute atomic E-state index is 5.83. The number of hydrogen-bond acceptors (Lipinski definition) is 4. The van der Waals surface area contributed by atoms with Crippen molar-refractivity contribution in [2.75, 3.05) is 19.6 Å². The lowest BCUT2D eigenvalue weighted by Crippen LogP contribution is -2.36. The van der Waals surface area contributed by atoms with Gasteiger partial charge in [-0.25, -0.2) is 4.98 Å². The minimum absolute atomic E-state index is 0.644. The van der Waals surface area contributed by atoms with Gasteiger partial charge in [-0.05, 0) is 25.9 Å². The minimum Gasteiger partial charge on any atom is -0.313 e. The first kappa shape index (κ1) is 12.3. The number of hydrogen-bond donors (Lipinski definition) is 1. The molecule has 0 radical (unpaired) electrons. The molecule has 1 aliphatic rings. The number of thiazole rings is 1. The average Bonchev–Trinajstić information content (AvgIpc) is 2.89. The summed E-state index contributed by atoms with van der Waals surface area (Å²) < 4.78 is 0.644. The van der Waals surface area contributed by atoms with Gasteiger partial charge >= 0.3 is 0 Å². The third kappa shape index (κ3) is 3.42. The molecular formula is C11H18ClN3S. The van der Waals surface area contributed by atoms with E-state index in [4.69, 9.17) is 11.6 Å². The molecule has 0 amide bonds. The number of aromatic nitrogens is 1. The van der Waals surface area contributed by atoms with Crippen molar-refractivity contribution in [1.29, 1.82) is 0 Å². The molecule has 1 aliphatic heterocycles. The lowest BCUT2D eigenvalue weighted by atomic mass is 10.2. The molecule has 1 aromatic rings. The van der Waals surface area contributed by atoms with Gasteiger partial charge in [0.15, 0.2) is 4.47 Å².